The second-order valence-electron chi connectivity index (χ2n) is 4.57. The Kier molecular flexibility index (Phi) is 4.53. The summed E-state index contributed by atoms with van der Waals surface area (Å²) in [6.45, 7) is 1.86. The van der Waals surface area contributed by atoms with Crippen molar-refractivity contribution in [3.63, 3.8) is 0 Å². The van der Waals surface area contributed by atoms with Gasteiger partial charge >= 0.3 is 6.18 Å². The maximum atomic E-state index is 12.8. The van der Waals surface area contributed by atoms with Crippen LogP contribution in [0, 0.1) is 6.92 Å². The van der Waals surface area contributed by atoms with Gasteiger partial charge in [0.15, 0.2) is 11.4 Å². The molecule has 0 aliphatic heterocycles. The number of hydrogen-bond acceptors (Lipinski definition) is 2. The van der Waals surface area contributed by atoms with Crippen molar-refractivity contribution >= 4 is 39.1 Å². The quantitative estimate of drug-likeness (QED) is 0.817. The highest BCUT2D eigenvalue weighted by Crippen LogP contribution is 2.36. The standard InChI is InChI=1S/C13H10BrClF3N3O/c1-6-3-4-8(7(14)5-6)19-12(22)10-9(15)11(13(16,17)18)21(2)20-10/h3-5H,1-2H3,(H,19,22). The first-order chi connectivity index (χ1) is 10.1. The van der Waals surface area contributed by atoms with Crippen molar-refractivity contribution in [3.05, 3.63) is 44.6 Å². The van der Waals surface area contributed by atoms with E-state index in [0.717, 1.165) is 12.6 Å². The van der Waals surface area contributed by atoms with Crippen LogP contribution in [-0.2, 0) is 13.2 Å². The zero-order valence-corrected chi connectivity index (χ0v) is 13.8. The van der Waals surface area contributed by atoms with E-state index in [4.69, 9.17) is 11.6 Å². The van der Waals surface area contributed by atoms with Crippen molar-refractivity contribution < 1.29 is 18.0 Å². The summed E-state index contributed by atoms with van der Waals surface area (Å²) in [5, 5.41) is 5.30. The lowest BCUT2D eigenvalue weighted by Crippen LogP contribution is -2.14. The molecular formula is C13H10BrClF3N3O. The van der Waals surface area contributed by atoms with Crippen LogP contribution in [0.4, 0.5) is 18.9 Å². The Morgan fingerprint density at radius 3 is 2.55 bits per heavy atom. The fourth-order valence-corrected chi connectivity index (χ4v) is 2.80. The highest BCUT2D eigenvalue weighted by molar-refractivity contribution is 9.10. The molecule has 0 radical (unpaired) electrons. The SMILES string of the molecule is Cc1ccc(NC(=O)c2nn(C)c(C(F)(F)F)c2Cl)c(Br)c1. The molecule has 1 heterocycles. The number of carbonyl (C=O) groups excluding carboxylic acids is 1. The third-order valence-electron chi connectivity index (χ3n) is 2.85. The molecule has 0 spiro atoms. The first-order valence-corrected chi connectivity index (χ1v) is 7.15. The van der Waals surface area contributed by atoms with Crippen LogP contribution in [0.3, 0.4) is 0 Å². The second kappa shape index (κ2) is 5.92. The number of benzene rings is 1. The molecule has 0 saturated carbocycles. The van der Waals surface area contributed by atoms with Crippen molar-refractivity contribution in [2.24, 2.45) is 7.05 Å². The largest absolute Gasteiger partial charge is 0.434 e. The van der Waals surface area contributed by atoms with Gasteiger partial charge in [-0.05, 0) is 40.5 Å². The van der Waals surface area contributed by atoms with E-state index in [1.165, 1.54) is 0 Å². The number of nitrogens with one attached hydrogen (secondary N) is 1. The number of rotatable bonds is 2. The number of aryl methyl sites for hydroxylation is 2. The van der Waals surface area contributed by atoms with Crippen LogP contribution in [0.5, 0.6) is 0 Å². The normalized spacial score (nSPS) is 11.6. The van der Waals surface area contributed by atoms with Gasteiger partial charge in [-0.15, -0.1) is 0 Å². The summed E-state index contributed by atoms with van der Waals surface area (Å²) in [5.74, 6) is -0.819. The highest BCUT2D eigenvalue weighted by atomic mass is 79.9. The Bertz CT molecular complexity index is 743. The van der Waals surface area contributed by atoms with Gasteiger partial charge < -0.3 is 5.32 Å². The van der Waals surface area contributed by atoms with Crippen LogP contribution in [-0.4, -0.2) is 15.7 Å². The van der Waals surface area contributed by atoms with Crippen molar-refractivity contribution in [2.75, 3.05) is 5.32 Å². The van der Waals surface area contributed by atoms with Gasteiger partial charge in [0.05, 0.1) is 5.69 Å². The molecule has 1 N–H and O–H groups in total. The van der Waals surface area contributed by atoms with Gasteiger partial charge in [0.1, 0.15) is 5.02 Å². The summed E-state index contributed by atoms with van der Waals surface area (Å²) in [4.78, 5) is 12.1. The number of halogens is 5. The Hall–Kier alpha value is -1.54. The number of carbonyl (C=O) groups is 1. The molecule has 0 atom stereocenters. The predicted octanol–water partition coefficient (Wildman–Crippen LogP) is 4.42. The Balaban J connectivity index is 2.35. The van der Waals surface area contributed by atoms with Crippen molar-refractivity contribution in [1.82, 2.24) is 9.78 Å². The zero-order valence-electron chi connectivity index (χ0n) is 11.4. The number of alkyl halides is 3. The van der Waals surface area contributed by atoms with Crippen LogP contribution in [0.2, 0.25) is 5.02 Å². The molecule has 9 heteroatoms. The molecule has 4 nitrogen and oxygen atoms in total. The second-order valence-corrected chi connectivity index (χ2v) is 5.80. The third-order valence-corrected chi connectivity index (χ3v) is 3.86. The minimum atomic E-state index is -4.69. The molecule has 2 aromatic rings. The van der Waals surface area contributed by atoms with Gasteiger partial charge in [-0.25, -0.2) is 0 Å². The van der Waals surface area contributed by atoms with E-state index in [1.54, 1.807) is 18.2 Å². The molecule has 0 saturated heterocycles. The van der Waals surface area contributed by atoms with Crippen LogP contribution >= 0.6 is 27.5 Å². The summed E-state index contributed by atoms with van der Waals surface area (Å²) < 4.78 is 39.7. The summed E-state index contributed by atoms with van der Waals surface area (Å²) in [7, 11) is 1.08. The van der Waals surface area contributed by atoms with Gasteiger partial charge in [0.2, 0.25) is 0 Å². The van der Waals surface area contributed by atoms with Crippen LogP contribution < -0.4 is 5.32 Å². The topological polar surface area (TPSA) is 46.9 Å². The van der Waals surface area contributed by atoms with E-state index in [-0.39, 0.29) is 0 Å². The van der Waals surface area contributed by atoms with Crippen molar-refractivity contribution in [2.45, 2.75) is 13.1 Å². The number of aromatic nitrogens is 2. The molecule has 0 aliphatic carbocycles. The molecule has 22 heavy (non-hydrogen) atoms. The average Bonchev–Trinajstić information content (AvgIpc) is 2.67. The lowest BCUT2D eigenvalue weighted by Gasteiger charge is -2.07. The van der Waals surface area contributed by atoms with Crippen LogP contribution in [0.1, 0.15) is 21.7 Å². The number of anilines is 1. The molecule has 2 rings (SSSR count). The van der Waals surface area contributed by atoms with Gasteiger partial charge in [0.25, 0.3) is 5.91 Å². The molecule has 118 valence electrons. The molecule has 0 unspecified atom stereocenters. The third kappa shape index (κ3) is 3.27. The summed E-state index contributed by atoms with van der Waals surface area (Å²) in [6.07, 6.45) is -4.69. The zero-order chi connectivity index (χ0) is 16.7. The van der Waals surface area contributed by atoms with E-state index in [0.29, 0.717) is 14.8 Å². The Labute approximate surface area is 137 Å². The van der Waals surface area contributed by atoms with Gasteiger partial charge in [0, 0.05) is 11.5 Å². The maximum absolute atomic E-state index is 12.8. The predicted molar refractivity (Wildman–Crippen MR) is 80.1 cm³/mol. The Morgan fingerprint density at radius 1 is 1.41 bits per heavy atom. The smallest absolute Gasteiger partial charge is 0.319 e. The van der Waals surface area contributed by atoms with Gasteiger partial charge in [-0.2, -0.15) is 18.3 Å². The van der Waals surface area contributed by atoms with Crippen molar-refractivity contribution in [3.8, 4) is 0 Å². The highest BCUT2D eigenvalue weighted by Gasteiger charge is 2.40. The Morgan fingerprint density at radius 2 is 2.05 bits per heavy atom. The van der Waals surface area contributed by atoms with Crippen LogP contribution in [0.25, 0.3) is 0 Å². The maximum Gasteiger partial charge on any atom is 0.434 e. The van der Waals surface area contributed by atoms with Gasteiger partial charge in [-0.1, -0.05) is 17.7 Å². The summed E-state index contributed by atoms with van der Waals surface area (Å²) in [6, 6.07) is 5.14. The average molecular weight is 397 g/mol. The first-order valence-electron chi connectivity index (χ1n) is 5.98. The number of hydrogen-bond donors (Lipinski definition) is 1. The monoisotopic (exact) mass is 395 g/mol. The fourth-order valence-electron chi connectivity index (χ4n) is 1.85. The molecule has 1 aromatic carbocycles. The molecule has 0 aliphatic rings. The summed E-state index contributed by atoms with van der Waals surface area (Å²) in [5.41, 5.74) is -0.280. The lowest BCUT2D eigenvalue weighted by atomic mass is 10.2. The molecule has 0 bridgehead atoms. The minimum absolute atomic E-state index is 0.408. The fraction of sp³-hybridized carbons (Fsp3) is 0.231. The minimum Gasteiger partial charge on any atom is -0.319 e. The van der Waals surface area contributed by atoms with Crippen LogP contribution in [0.15, 0.2) is 22.7 Å². The number of nitrogens with zero attached hydrogens (tertiary/aromatic N) is 2. The molecule has 0 fully saturated rings. The molecule has 1 amide bonds. The first kappa shape index (κ1) is 16.8. The van der Waals surface area contributed by atoms with E-state index in [2.05, 4.69) is 26.3 Å². The molecule has 1 aromatic heterocycles. The van der Waals surface area contributed by atoms with E-state index in [1.807, 2.05) is 6.92 Å². The van der Waals surface area contributed by atoms with E-state index in [9.17, 15) is 18.0 Å². The van der Waals surface area contributed by atoms with E-state index < -0.39 is 28.5 Å². The van der Waals surface area contributed by atoms with E-state index >= 15 is 0 Å². The summed E-state index contributed by atoms with van der Waals surface area (Å²) >= 11 is 8.93. The van der Waals surface area contributed by atoms with Crippen molar-refractivity contribution in [1.29, 1.82) is 0 Å². The van der Waals surface area contributed by atoms with Gasteiger partial charge in [-0.3, -0.25) is 9.48 Å². The lowest BCUT2D eigenvalue weighted by molar-refractivity contribution is -0.143. The molecular weight excluding hydrogens is 387 g/mol. The number of amides is 1.